The molecule has 0 bridgehead atoms. The lowest BCUT2D eigenvalue weighted by molar-refractivity contribution is -0.144. The van der Waals surface area contributed by atoms with E-state index >= 15 is 0 Å². The number of esters is 1. The Morgan fingerprint density at radius 1 is 1.22 bits per heavy atom. The molecule has 0 aliphatic carbocycles. The van der Waals surface area contributed by atoms with Crippen molar-refractivity contribution in [2.45, 2.75) is 39.3 Å². The van der Waals surface area contributed by atoms with Crippen molar-refractivity contribution in [2.24, 2.45) is 7.05 Å². The van der Waals surface area contributed by atoms with Crippen molar-refractivity contribution in [2.75, 3.05) is 0 Å². The maximum atomic E-state index is 12.2. The second-order valence-electron chi connectivity index (χ2n) is 6.35. The highest BCUT2D eigenvalue weighted by molar-refractivity contribution is 5.73. The molecule has 0 fully saturated rings. The number of nitrogens with one attached hydrogen (secondary N) is 1. The number of carbonyl (C=O) groups is 1. The molecule has 2 aromatic heterocycles. The third-order valence-electron chi connectivity index (χ3n) is 4.39. The van der Waals surface area contributed by atoms with E-state index in [2.05, 4.69) is 9.97 Å². The zero-order chi connectivity index (χ0) is 19.4. The van der Waals surface area contributed by atoms with E-state index in [1.165, 1.54) is 4.57 Å². The van der Waals surface area contributed by atoms with Gasteiger partial charge in [-0.15, -0.1) is 0 Å². The molecule has 8 heteroatoms. The van der Waals surface area contributed by atoms with Crippen LogP contribution in [0.15, 0.2) is 39.9 Å². The molecule has 1 aromatic carbocycles. The lowest BCUT2D eigenvalue weighted by atomic mass is 10.2. The molecular formula is C19H22N4O4. The number of hydrogen-bond donors (Lipinski definition) is 1. The molecule has 0 amide bonds. The molecule has 0 aliphatic rings. The highest BCUT2D eigenvalue weighted by Gasteiger charge is 2.17. The average Bonchev–Trinajstić information content (AvgIpc) is 2.97. The minimum absolute atomic E-state index is 0.0712. The van der Waals surface area contributed by atoms with Crippen molar-refractivity contribution in [3.8, 4) is 0 Å². The largest absolute Gasteiger partial charge is 0.457 e. The summed E-state index contributed by atoms with van der Waals surface area (Å²) >= 11 is 0. The zero-order valence-electron chi connectivity index (χ0n) is 15.4. The predicted octanol–water partition coefficient (Wildman–Crippen LogP) is 1.51. The quantitative estimate of drug-likeness (QED) is 0.636. The van der Waals surface area contributed by atoms with Gasteiger partial charge in [0, 0.05) is 13.6 Å². The van der Waals surface area contributed by atoms with Gasteiger partial charge in [0.1, 0.15) is 12.4 Å². The Balaban J connectivity index is 1.84. The van der Waals surface area contributed by atoms with Gasteiger partial charge in [0.15, 0.2) is 11.2 Å². The third kappa shape index (κ3) is 3.99. The Bertz CT molecular complexity index is 1060. The Morgan fingerprint density at radius 3 is 2.67 bits per heavy atom. The number of carbonyl (C=O) groups excluding carboxylic acids is 1. The van der Waals surface area contributed by atoms with E-state index in [1.807, 2.05) is 37.3 Å². The molecule has 0 saturated carbocycles. The van der Waals surface area contributed by atoms with E-state index in [9.17, 15) is 14.4 Å². The molecule has 3 rings (SSSR count). The van der Waals surface area contributed by atoms with Crippen LogP contribution in [0.3, 0.4) is 0 Å². The summed E-state index contributed by atoms with van der Waals surface area (Å²) in [4.78, 5) is 43.1. The van der Waals surface area contributed by atoms with E-state index in [-0.39, 0.29) is 19.0 Å². The first kappa shape index (κ1) is 18.6. The standard InChI is InChI=1S/C19H22N4O4/c1-3-4-10-23-17-16(18(25)21-19(23)26)22(2)14(20-17)12-27-15(24)11-13-8-6-5-7-9-13/h5-9H,3-4,10-12H2,1-2H3,(H,21,25,26). The van der Waals surface area contributed by atoms with Gasteiger partial charge in [-0.3, -0.25) is 19.1 Å². The third-order valence-corrected chi connectivity index (χ3v) is 4.39. The minimum Gasteiger partial charge on any atom is -0.457 e. The lowest BCUT2D eigenvalue weighted by Crippen LogP contribution is -2.31. The number of ether oxygens (including phenoxy) is 1. The highest BCUT2D eigenvalue weighted by Crippen LogP contribution is 2.12. The Kier molecular flexibility index (Phi) is 5.54. The van der Waals surface area contributed by atoms with Crippen LogP contribution in [0.1, 0.15) is 31.2 Å². The van der Waals surface area contributed by atoms with E-state index in [4.69, 9.17) is 4.74 Å². The maximum Gasteiger partial charge on any atom is 0.330 e. The van der Waals surface area contributed by atoms with Crippen LogP contribution >= 0.6 is 0 Å². The summed E-state index contributed by atoms with van der Waals surface area (Å²) in [7, 11) is 1.67. The van der Waals surface area contributed by atoms with Crippen LogP contribution in [-0.4, -0.2) is 25.1 Å². The number of rotatable bonds is 7. The molecule has 0 spiro atoms. The van der Waals surface area contributed by atoms with Gasteiger partial charge in [-0.05, 0) is 12.0 Å². The summed E-state index contributed by atoms with van der Waals surface area (Å²) in [5.74, 6) is 0.0262. The second-order valence-corrected chi connectivity index (χ2v) is 6.35. The number of unbranched alkanes of at least 4 members (excludes halogenated alkanes) is 1. The molecule has 0 radical (unpaired) electrons. The van der Waals surface area contributed by atoms with Crippen LogP contribution in [0.2, 0.25) is 0 Å². The van der Waals surface area contributed by atoms with E-state index in [1.54, 1.807) is 11.6 Å². The van der Waals surface area contributed by atoms with Crippen molar-refractivity contribution in [1.82, 2.24) is 19.1 Å². The summed E-state index contributed by atoms with van der Waals surface area (Å²) in [6.45, 7) is 2.41. The first-order valence-corrected chi connectivity index (χ1v) is 8.89. The van der Waals surface area contributed by atoms with E-state index in [0.29, 0.717) is 23.5 Å². The normalized spacial score (nSPS) is 11.0. The van der Waals surface area contributed by atoms with Crippen LogP contribution in [0, 0.1) is 0 Å². The number of aromatic amines is 1. The van der Waals surface area contributed by atoms with E-state index in [0.717, 1.165) is 18.4 Å². The van der Waals surface area contributed by atoms with E-state index < -0.39 is 11.2 Å². The lowest BCUT2D eigenvalue weighted by Gasteiger charge is -2.05. The molecule has 8 nitrogen and oxygen atoms in total. The molecule has 0 atom stereocenters. The minimum atomic E-state index is -0.500. The fourth-order valence-electron chi connectivity index (χ4n) is 2.90. The van der Waals surface area contributed by atoms with Crippen LogP contribution in [0.25, 0.3) is 11.2 Å². The molecule has 3 aromatic rings. The van der Waals surface area contributed by atoms with Gasteiger partial charge in [0.05, 0.1) is 6.42 Å². The molecule has 0 saturated heterocycles. The summed E-state index contributed by atoms with van der Waals surface area (Å²) < 4.78 is 8.33. The molecule has 0 aliphatic heterocycles. The van der Waals surface area contributed by atoms with Gasteiger partial charge in [0.25, 0.3) is 5.56 Å². The number of nitrogens with zero attached hydrogens (tertiary/aromatic N) is 3. The topological polar surface area (TPSA) is 99.0 Å². The molecular weight excluding hydrogens is 348 g/mol. The Morgan fingerprint density at radius 2 is 1.96 bits per heavy atom. The number of imidazole rings is 1. The number of benzene rings is 1. The van der Waals surface area contributed by atoms with Gasteiger partial charge in [-0.1, -0.05) is 43.7 Å². The second kappa shape index (κ2) is 8.03. The first-order chi connectivity index (χ1) is 13.0. The van der Waals surface area contributed by atoms with Crippen molar-refractivity contribution < 1.29 is 9.53 Å². The highest BCUT2D eigenvalue weighted by atomic mass is 16.5. The Hall–Kier alpha value is -3.16. The van der Waals surface area contributed by atoms with Gasteiger partial charge in [-0.2, -0.15) is 0 Å². The van der Waals surface area contributed by atoms with Crippen LogP contribution in [0.5, 0.6) is 0 Å². The van der Waals surface area contributed by atoms with Crippen LogP contribution in [-0.2, 0) is 36.2 Å². The fourth-order valence-corrected chi connectivity index (χ4v) is 2.90. The summed E-state index contributed by atoms with van der Waals surface area (Å²) in [6, 6.07) is 9.29. The average molecular weight is 370 g/mol. The summed E-state index contributed by atoms with van der Waals surface area (Å²) in [6.07, 6.45) is 1.86. The SMILES string of the molecule is CCCCn1c(=O)[nH]c(=O)c2c1nc(COC(=O)Cc1ccccc1)n2C. The maximum absolute atomic E-state index is 12.2. The number of fused-ring (bicyclic) bond motifs is 1. The number of H-pyrrole nitrogens is 1. The summed E-state index contributed by atoms with van der Waals surface area (Å²) in [5.41, 5.74) is 0.484. The van der Waals surface area contributed by atoms with Crippen molar-refractivity contribution in [3.63, 3.8) is 0 Å². The van der Waals surface area contributed by atoms with Crippen molar-refractivity contribution in [3.05, 3.63) is 62.6 Å². The Labute approximate surface area is 155 Å². The number of hydrogen-bond acceptors (Lipinski definition) is 5. The zero-order valence-corrected chi connectivity index (χ0v) is 15.4. The molecule has 0 unspecified atom stereocenters. The molecule has 142 valence electrons. The number of aryl methyl sites for hydroxylation is 2. The van der Waals surface area contributed by atoms with Crippen LogP contribution < -0.4 is 11.2 Å². The van der Waals surface area contributed by atoms with Gasteiger partial charge < -0.3 is 9.30 Å². The van der Waals surface area contributed by atoms with Crippen LogP contribution in [0.4, 0.5) is 0 Å². The van der Waals surface area contributed by atoms with Gasteiger partial charge in [-0.25, -0.2) is 9.78 Å². The summed E-state index contributed by atoms with van der Waals surface area (Å²) in [5, 5.41) is 0. The van der Waals surface area contributed by atoms with Crippen molar-refractivity contribution >= 4 is 17.1 Å². The smallest absolute Gasteiger partial charge is 0.330 e. The first-order valence-electron chi connectivity index (χ1n) is 8.89. The number of aromatic nitrogens is 4. The molecule has 27 heavy (non-hydrogen) atoms. The molecule has 1 N–H and O–H groups in total. The van der Waals surface area contributed by atoms with Crippen molar-refractivity contribution in [1.29, 1.82) is 0 Å². The molecule has 2 heterocycles. The van der Waals surface area contributed by atoms with Gasteiger partial charge >= 0.3 is 11.7 Å². The van der Waals surface area contributed by atoms with Gasteiger partial charge in [0.2, 0.25) is 0 Å². The monoisotopic (exact) mass is 370 g/mol. The predicted molar refractivity (Wildman–Crippen MR) is 100 cm³/mol. The fraction of sp³-hybridized carbons (Fsp3) is 0.368.